The average molecular weight is 815 g/mol. The third-order valence-electron chi connectivity index (χ3n) is 12.4. The van der Waals surface area contributed by atoms with E-state index in [1.165, 1.54) is 10.9 Å². The number of amides is 2. The van der Waals surface area contributed by atoms with Crippen molar-refractivity contribution in [2.75, 3.05) is 49.5 Å². The molecule has 3 aliphatic heterocycles. The van der Waals surface area contributed by atoms with Crippen molar-refractivity contribution in [1.82, 2.24) is 39.4 Å². The number of allylic oxidation sites excluding steroid dienone is 1. The summed E-state index contributed by atoms with van der Waals surface area (Å²) in [6.07, 6.45) is 5.65. The summed E-state index contributed by atoms with van der Waals surface area (Å²) in [5, 5.41) is 27.8. The Kier molecular flexibility index (Phi) is 10.6. The minimum atomic E-state index is -1.06. The molecule has 16 nitrogen and oxygen atoms in total. The van der Waals surface area contributed by atoms with Gasteiger partial charge in [0.05, 0.1) is 24.9 Å². The number of aryl methyl sites for hydroxylation is 1. The molecule has 60 heavy (non-hydrogen) atoms. The first kappa shape index (κ1) is 39.4. The van der Waals surface area contributed by atoms with E-state index in [4.69, 9.17) is 14.7 Å². The molecule has 0 saturated carbocycles. The second-order valence-electron chi connectivity index (χ2n) is 16.1. The molecule has 0 spiro atoms. The van der Waals surface area contributed by atoms with Crippen molar-refractivity contribution in [3.63, 3.8) is 0 Å². The van der Waals surface area contributed by atoms with Crippen molar-refractivity contribution in [3.05, 3.63) is 106 Å². The lowest BCUT2D eigenvalue weighted by atomic mass is 9.98. The molecule has 16 heteroatoms. The zero-order valence-corrected chi connectivity index (χ0v) is 33.7. The van der Waals surface area contributed by atoms with E-state index in [-0.39, 0.29) is 30.3 Å². The Balaban J connectivity index is 0.779. The molecule has 2 fully saturated rings. The molecular formula is C44H50N10O6. The Labute approximate surface area is 347 Å². The van der Waals surface area contributed by atoms with Gasteiger partial charge in [0.15, 0.2) is 11.5 Å². The van der Waals surface area contributed by atoms with Crippen LogP contribution in [0.1, 0.15) is 66.2 Å². The first-order chi connectivity index (χ1) is 29.1. The fraction of sp³-hybridized carbons (Fsp3) is 0.409. The van der Waals surface area contributed by atoms with E-state index in [0.717, 1.165) is 73.8 Å². The minimum Gasteiger partial charge on any atom is -0.494 e. The van der Waals surface area contributed by atoms with E-state index < -0.39 is 17.9 Å². The summed E-state index contributed by atoms with van der Waals surface area (Å²) in [6, 6.07) is 17.1. The van der Waals surface area contributed by atoms with Gasteiger partial charge in [-0.15, -0.1) is 6.58 Å². The van der Waals surface area contributed by atoms with E-state index in [0.29, 0.717) is 66.5 Å². The molecule has 2 aromatic carbocycles. The van der Waals surface area contributed by atoms with Crippen molar-refractivity contribution in [2.24, 2.45) is 0 Å². The number of hydrogen-bond acceptors (Lipinski definition) is 12. The number of nitrogens with zero attached hydrogens (tertiary/aromatic N) is 8. The van der Waals surface area contributed by atoms with E-state index in [1.807, 2.05) is 43.3 Å². The van der Waals surface area contributed by atoms with Gasteiger partial charge in [0.1, 0.15) is 23.0 Å². The van der Waals surface area contributed by atoms with E-state index in [9.17, 15) is 24.6 Å². The summed E-state index contributed by atoms with van der Waals surface area (Å²) in [6.45, 7) is 11.6. The van der Waals surface area contributed by atoms with Crippen molar-refractivity contribution in [2.45, 2.75) is 76.4 Å². The maximum absolute atomic E-state index is 13.5. The number of piperidine rings is 1. The summed E-state index contributed by atoms with van der Waals surface area (Å²) in [7, 11) is 0. The number of nitrogens with one attached hydrogen (secondary N) is 2. The topological polar surface area (TPSA) is 183 Å². The molecule has 1 aliphatic carbocycles. The number of carbonyl (C=O) groups excluding carboxylic acids is 2. The highest BCUT2D eigenvalue weighted by molar-refractivity contribution is 5.99. The average Bonchev–Trinajstić information content (AvgIpc) is 3.87. The molecule has 4 aliphatic rings. The molecule has 0 radical (unpaired) electrons. The first-order valence-electron chi connectivity index (χ1n) is 20.8. The Hall–Kier alpha value is -6.10. The molecule has 2 unspecified atom stereocenters. The van der Waals surface area contributed by atoms with Gasteiger partial charge in [-0.3, -0.25) is 19.3 Å². The van der Waals surface area contributed by atoms with Crippen LogP contribution in [0.2, 0.25) is 0 Å². The zero-order valence-electron chi connectivity index (χ0n) is 33.7. The van der Waals surface area contributed by atoms with Crippen LogP contribution in [0.5, 0.6) is 5.75 Å². The quantitative estimate of drug-likeness (QED) is 0.100. The number of pyridine rings is 1. The summed E-state index contributed by atoms with van der Waals surface area (Å²) in [5.41, 5.74) is 4.25. The second-order valence-corrected chi connectivity index (χ2v) is 16.1. The van der Waals surface area contributed by atoms with E-state index >= 15 is 0 Å². The maximum Gasteiger partial charge on any atom is 0.278 e. The summed E-state index contributed by atoms with van der Waals surface area (Å²) in [5.74, 6) is 1.23. The van der Waals surface area contributed by atoms with Crippen LogP contribution < -0.4 is 25.8 Å². The van der Waals surface area contributed by atoms with Crippen LogP contribution in [0.15, 0.2) is 78.2 Å². The molecule has 2 saturated heterocycles. The van der Waals surface area contributed by atoms with Crippen LogP contribution in [-0.2, 0) is 29.9 Å². The SMILES string of the molecule is C=CCn1c(=O)c2cnc(Nc3ccc(N4CCN(CCCOc5ccc6c(c5)CN(C5CCC(=O)NC5O)C6=O)CC4)cc3)nc2n1-c1ccc2c(n1)[C@@](O)(CC)CC2. The number of fused-ring (bicyclic) bond motifs is 3. The highest BCUT2D eigenvalue weighted by Crippen LogP contribution is 2.38. The Morgan fingerprint density at radius 2 is 1.83 bits per heavy atom. The molecule has 6 heterocycles. The number of aliphatic hydroxyl groups is 2. The molecular weight excluding hydrogens is 765 g/mol. The molecule has 0 bridgehead atoms. The van der Waals surface area contributed by atoms with E-state index in [1.54, 1.807) is 21.7 Å². The van der Waals surface area contributed by atoms with Gasteiger partial charge in [0.2, 0.25) is 11.9 Å². The van der Waals surface area contributed by atoms with Gasteiger partial charge >= 0.3 is 0 Å². The van der Waals surface area contributed by atoms with Crippen LogP contribution in [0, 0.1) is 0 Å². The zero-order chi connectivity index (χ0) is 41.5. The largest absolute Gasteiger partial charge is 0.494 e. The predicted molar refractivity (Wildman–Crippen MR) is 226 cm³/mol. The van der Waals surface area contributed by atoms with Crippen LogP contribution in [-0.4, -0.2) is 108 Å². The van der Waals surface area contributed by atoms with Gasteiger partial charge in [-0.1, -0.05) is 19.1 Å². The summed E-state index contributed by atoms with van der Waals surface area (Å²) in [4.78, 5) is 58.8. The standard InChI is InChI=1S/C44H50N10O6/c1-3-18-53-42(58)34-26-45-43(49-39(34)54(53)36-14-6-28-16-17-44(59,4-2)38(28)47-36)46-30-7-9-31(10-8-30)51-22-20-50(21-23-51)19-5-24-60-32-11-12-33-29(25-32)27-52(41(33)57)35-13-15-37(55)48-40(35)56/h3,6-12,14,25-26,35,40,56,59H,1,4-5,13,15-24,27H2,2H3,(H,48,55)(H,45,46,49)/t35?,40?,44-/m1/s1. The molecule has 4 N–H and O–H groups in total. The van der Waals surface area contributed by atoms with Crippen LogP contribution in [0.3, 0.4) is 0 Å². The highest BCUT2D eigenvalue weighted by atomic mass is 16.5. The Morgan fingerprint density at radius 3 is 2.60 bits per heavy atom. The van der Waals surface area contributed by atoms with Gasteiger partial charge in [-0.05, 0) is 91.8 Å². The Morgan fingerprint density at radius 1 is 1.02 bits per heavy atom. The first-order valence-corrected chi connectivity index (χ1v) is 20.8. The molecule has 2 amide bonds. The fourth-order valence-electron chi connectivity index (χ4n) is 8.98. The van der Waals surface area contributed by atoms with Gasteiger partial charge in [0.25, 0.3) is 11.5 Å². The smallest absolute Gasteiger partial charge is 0.278 e. The van der Waals surface area contributed by atoms with Crippen molar-refractivity contribution >= 4 is 40.2 Å². The number of aliphatic hydroxyl groups excluding tert-OH is 1. The number of piperazine rings is 1. The monoisotopic (exact) mass is 814 g/mol. The number of rotatable bonds is 13. The third-order valence-corrected chi connectivity index (χ3v) is 12.4. The predicted octanol–water partition coefficient (Wildman–Crippen LogP) is 3.59. The number of hydrogen-bond donors (Lipinski definition) is 4. The second kappa shape index (κ2) is 16.2. The van der Waals surface area contributed by atoms with E-state index in [2.05, 4.69) is 44.1 Å². The van der Waals surface area contributed by atoms with Gasteiger partial charge in [-0.2, -0.15) is 4.98 Å². The third kappa shape index (κ3) is 7.39. The summed E-state index contributed by atoms with van der Waals surface area (Å²) >= 11 is 0. The van der Waals surface area contributed by atoms with Crippen LogP contribution >= 0.6 is 0 Å². The highest BCUT2D eigenvalue weighted by Gasteiger charge is 2.39. The fourth-order valence-corrected chi connectivity index (χ4v) is 8.98. The molecule has 5 aromatic rings. The van der Waals surface area contributed by atoms with Crippen molar-refractivity contribution in [1.29, 1.82) is 0 Å². The molecule has 3 atom stereocenters. The number of aromatic nitrogens is 5. The number of ether oxygens (including phenoxy) is 1. The van der Waals surface area contributed by atoms with Crippen LogP contribution in [0.4, 0.5) is 17.3 Å². The lowest BCUT2D eigenvalue weighted by molar-refractivity contribution is -0.129. The lowest BCUT2D eigenvalue weighted by Crippen LogP contribution is -2.55. The van der Waals surface area contributed by atoms with Gasteiger partial charge in [-0.25, -0.2) is 19.3 Å². The minimum absolute atomic E-state index is 0.131. The van der Waals surface area contributed by atoms with Crippen molar-refractivity contribution in [3.8, 4) is 11.6 Å². The molecule has 9 rings (SSSR count). The number of anilines is 3. The van der Waals surface area contributed by atoms with Crippen LogP contribution in [0.25, 0.3) is 16.9 Å². The maximum atomic E-state index is 13.5. The lowest BCUT2D eigenvalue weighted by Gasteiger charge is -2.36. The normalized spacial score (nSPS) is 21.6. The van der Waals surface area contributed by atoms with Crippen molar-refractivity contribution < 1.29 is 24.5 Å². The Bertz CT molecular complexity index is 2510. The van der Waals surface area contributed by atoms with Gasteiger partial charge < -0.3 is 35.4 Å². The molecule has 3 aromatic heterocycles. The summed E-state index contributed by atoms with van der Waals surface area (Å²) < 4.78 is 9.32. The number of carbonyl (C=O) groups is 2. The number of benzene rings is 2. The van der Waals surface area contributed by atoms with Gasteiger partial charge in [0, 0.05) is 68.8 Å². The molecule has 312 valence electrons.